The molecular formula is C24H16ClF3NNaO3. The maximum absolute atomic E-state index is 14.0. The van der Waals surface area contributed by atoms with Crippen molar-refractivity contribution in [1.29, 1.82) is 0 Å². The third kappa shape index (κ3) is 5.61. The fraction of sp³-hybridized carbons (Fsp3) is 0.167. The molecule has 164 valence electrons. The van der Waals surface area contributed by atoms with E-state index in [9.17, 15) is 23.1 Å². The average Bonchev–Trinajstić information content (AvgIpc) is 3.23. The number of ether oxygens (including phenoxy) is 1. The second-order valence-corrected chi connectivity index (χ2v) is 7.76. The van der Waals surface area contributed by atoms with Crippen LogP contribution in [0, 0.1) is 17.5 Å². The van der Waals surface area contributed by atoms with Gasteiger partial charge in [-0.15, -0.1) is 0 Å². The van der Waals surface area contributed by atoms with Gasteiger partial charge in [-0.2, -0.15) is 0 Å². The summed E-state index contributed by atoms with van der Waals surface area (Å²) in [6.07, 6.45) is 3.44. The molecule has 0 fully saturated rings. The van der Waals surface area contributed by atoms with E-state index in [1.165, 1.54) is 24.4 Å². The molecule has 1 heterocycles. The van der Waals surface area contributed by atoms with Crippen molar-refractivity contribution in [2.24, 2.45) is 0 Å². The van der Waals surface area contributed by atoms with Crippen molar-refractivity contribution in [1.82, 2.24) is 4.98 Å². The molecule has 0 bridgehead atoms. The molecule has 2 aromatic carbocycles. The number of carbonyl (C=O) groups excluding carboxylic acids is 1. The van der Waals surface area contributed by atoms with Gasteiger partial charge in [-0.05, 0) is 66.3 Å². The van der Waals surface area contributed by atoms with Gasteiger partial charge >= 0.3 is 29.6 Å². The third-order valence-electron chi connectivity index (χ3n) is 5.27. The van der Waals surface area contributed by atoms with Crippen LogP contribution in [0.4, 0.5) is 13.2 Å². The summed E-state index contributed by atoms with van der Waals surface area (Å²) in [5.74, 6) is -3.69. The van der Waals surface area contributed by atoms with Crippen LogP contribution in [0.3, 0.4) is 0 Å². The van der Waals surface area contributed by atoms with Crippen LogP contribution in [-0.4, -0.2) is 11.0 Å². The summed E-state index contributed by atoms with van der Waals surface area (Å²) in [4.78, 5) is 15.5. The molecule has 0 spiro atoms. The van der Waals surface area contributed by atoms with E-state index in [1.807, 2.05) is 0 Å². The SMILES string of the molecule is O=C([O-])c1cc(C2=C(c3cc(Cl)cnc3OCc3ccc(F)cc3F)CCC2)ccc1F.[Na+]. The minimum Gasteiger partial charge on any atom is -0.545 e. The molecule has 0 saturated heterocycles. The molecule has 0 amide bonds. The number of aromatic carboxylic acids is 1. The molecule has 33 heavy (non-hydrogen) atoms. The molecule has 0 saturated carbocycles. The normalized spacial score (nSPS) is 13.1. The van der Waals surface area contributed by atoms with Crippen molar-refractivity contribution in [3.8, 4) is 5.88 Å². The Bertz CT molecular complexity index is 1250. The van der Waals surface area contributed by atoms with Crippen molar-refractivity contribution in [3.63, 3.8) is 0 Å². The maximum atomic E-state index is 14.0. The van der Waals surface area contributed by atoms with Crippen molar-refractivity contribution < 1.29 is 57.4 Å². The number of benzene rings is 2. The zero-order valence-electron chi connectivity index (χ0n) is 17.6. The van der Waals surface area contributed by atoms with E-state index in [1.54, 1.807) is 6.07 Å². The van der Waals surface area contributed by atoms with Gasteiger partial charge in [-0.3, -0.25) is 0 Å². The van der Waals surface area contributed by atoms with Crippen LogP contribution in [0.2, 0.25) is 5.02 Å². The predicted molar refractivity (Wildman–Crippen MR) is 111 cm³/mol. The van der Waals surface area contributed by atoms with E-state index in [0.29, 0.717) is 29.0 Å². The molecule has 3 aromatic rings. The predicted octanol–water partition coefficient (Wildman–Crippen LogP) is 2.19. The summed E-state index contributed by atoms with van der Waals surface area (Å²) in [7, 11) is 0. The van der Waals surface area contributed by atoms with Crippen molar-refractivity contribution in [3.05, 3.63) is 93.4 Å². The maximum Gasteiger partial charge on any atom is 1.00 e. The number of pyridine rings is 1. The van der Waals surface area contributed by atoms with Gasteiger partial charge < -0.3 is 14.6 Å². The Morgan fingerprint density at radius 2 is 1.79 bits per heavy atom. The second kappa shape index (κ2) is 10.7. The Hall–Kier alpha value is -2.32. The number of nitrogens with zero attached hydrogens (tertiary/aromatic N) is 1. The quantitative estimate of drug-likeness (QED) is 0.506. The molecule has 4 nitrogen and oxygen atoms in total. The molecule has 0 N–H and O–H groups in total. The number of halogens is 4. The summed E-state index contributed by atoms with van der Waals surface area (Å²) in [6.45, 7) is -0.179. The van der Waals surface area contributed by atoms with E-state index in [0.717, 1.165) is 35.8 Å². The Morgan fingerprint density at radius 1 is 1.03 bits per heavy atom. The standard InChI is InChI=1S/C24H17ClF3NO3.Na/c25-15-9-19(23(29-11-15)32-12-14-4-6-16(26)10-22(14)28)18-3-1-2-17(18)13-5-7-21(27)20(8-13)24(30)31;/h4-11H,1-3,12H2,(H,30,31);/q;+1/p-1. The summed E-state index contributed by atoms with van der Waals surface area (Å²) < 4.78 is 46.7. The van der Waals surface area contributed by atoms with E-state index in [2.05, 4.69) is 4.98 Å². The zero-order valence-corrected chi connectivity index (χ0v) is 20.4. The Balaban J connectivity index is 0.00000306. The van der Waals surface area contributed by atoms with Gasteiger partial charge in [0, 0.05) is 29.0 Å². The molecule has 1 aliphatic rings. The number of carbonyl (C=O) groups is 1. The van der Waals surface area contributed by atoms with Crippen LogP contribution in [0.1, 0.15) is 46.3 Å². The van der Waals surface area contributed by atoms with Crippen LogP contribution in [-0.2, 0) is 6.61 Å². The fourth-order valence-corrected chi connectivity index (χ4v) is 3.93. The van der Waals surface area contributed by atoms with Gasteiger partial charge in [0.1, 0.15) is 24.1 Å². The van der Waals surface area contributed by atoms with Crippen LogP contribution >= 0.6 is 11.6 Å². The first-order chi connectivity index (χ1) is 15.3. The first-order valence-corrected chi connectivity index (χ1v) is 10.2. The Kier molecular flexibility index (Phi) is 8.23. The van der Waals surface area contributed by atoms with E-state index < -0.39 is 29.0 Å². The van der Waals surface area contributed by atoms with Gasteiger partial charge in [0.2, 0.25) is 5.88 Å². The number of hydrogen-bond acceptors (Lipinski definition) is 4. The number of rotatable bonds is 6. The molecule has 9 heteroatoms. The summed E-state index contributed by atoms with van der Waals surface area (Å²) in [5, 5.41) is 11.6. The fourth-order valence-electron chi connectivity index (χ4n) is 3.77. The van der Waals surface area contributed by atoms with Crippen LogP contribution in [0.5, 0.6) is 5.88 Å². The Morgan fingerprint density at radius 3 is 2.52 bits per heavy atom. The summed E-state index contributed by atoms with van der Waals surface area (Å²) >= 11 is 6.16. The van der Waals surface area contributed by atoms with Crippen LogP contribution in [0.15, 0.2) is 48.7 Å². The number of carboxylic acids is 1. The smallest absolute Gasteiger partial charge is 0.545 e. The van der Waals surface area contributed by atoms with Gasteiger partial charge in [-0.25, -0.2) is 18.2 Å². The van der Waals surface area contributed by atoms with E-state index in [-0.39, 0.29) is 47.6 Å². The molecule has 0 radical (unpaired) electrons. The minimum absolute atomic E-state index is 0. The third-order valence-corrected chi connectivity index (χ3v) is 5.48. The van der Waals surface area contributed by atoms with Crippen LogP contribution < -0.4 is 39.4 Å². The van der Waals surface area contributed by atoms with Crippen LogP contribution in [0.25, 0.3) is 11.1 Å². The Labute approximate surface area is 215 Å². The molecule has 1 aromatic heterocycles. The zero-order chi connectivity index (χ0) is 22.8. The molecular weight excluding hydrogens is 466 g/mol. The average molecular weight is 482 g/mol. The van der Waals surface area contributed by atoms with E-state index in [4.69, 9.17) is 16.3 Å². The molecule has 0 aliphatic heterocycles. The molecule has 1 aliphatic carbocycles. The van der Waals surface area contributed by atoms with Crippen molar-refractivity contribution in [2.45, 2.75) is 25.9 Å². The number of aromatic nitrogens is 1. The van der Waals surface area contributed by atoms with Crippen molar-refractivity contribution >= 4 is 28.7 Å². The summed E-state index contributed by atoms with van der Waals surface area (Å²) in [6, 6.07) is 8.71. The molecule has 0 atom stereocenters. The first-order valence-electron chi connectivity index (χ1n) is 9.79. The van der Waals surface area contributed by atoms with Gasteiger partial charge in [0.05, 0.1) is 11.0 Å². The van der Waals surface area contributed by atoms with Crippen molar-refractivity contribution in [2.75, 3.05) is 0 Å². The summed E-state index contributed by atoms with van der Waals surface area (Å²) in [5.41, 5.74) is 2.40. The second-order valence-electron chi connectivity index (χ2n) is 7.32. The van der Waals surface area contributed by atoms with Gasteiger partial charge in [0.25, 0.3) is 0 Å². The molecule has 4 rings (SSSR count). The van der Waals surface area contributed by atoms with Gasteiger partial charge in [-0.1, -0.05) is 17.7 Å². The number of carboxylic acid groups (broad SMARTS) is 1. The first kappa shape index (κ1) is 25.3. The number of hydrogen-bond donors (Lipinski definition) is 0. The van der Waals surface area contributed by atoms with E-state index >= 15 is 0 Å². The molecule has 0 unspecified atom stereocenters. The largest absolute Gasteiger partial charge is 1.00 e. The topological polar surface area (TPSA) is 62.2 Å². The van der Waals surface area contributed by atoms with Gasteiger partial charge in [0.15, 0.2) is 0 Å². The monoisotopic (exact) mass is 481 g/mol. The number of allylic oxidation sites excluding steroid dienone is 2. The minimum atomic E-state index is -1.60.